The highest BCUT2D eigenvalue weighted by Gasteiger charge is 2.20. The van der Waals surface area contributed by atoms with Crippen LogP contribution in [-0.4, -0.2) is 55.4 Å². The Morgan fingerprint density at radius 1 is 1.04 bits per heavy atom. The van der Waals surface area contributed by atoms with E-state index in [0.29, 0.717) is 12.5 Å². The third-order valence-corrected chi connectivity index (χ3v) is 4.77. The number of hydrogen-bond donors (Lipinski definition) is 1. The average molecular weight is 331 g/mol. The zero-order chi connectivity index (χ0) is 17.7. The van der Waals surface area contributed by atoms with Gasteiger partial charge in [-0.15, -0.1) is 0 Å². The van der Waals surface area contributed by atoms with E-state index in [1.54, 1.807) is 6.92 Å². The highest BCUT2D eigenvalue weighted by molar-refractivity contribution is 5.94. The second kappa shape index (κ2) is 8.29. The quantitative estimate of drug-likeness (QED) is 0.812. The van der Waals surface area contributed by atoms with Crippen molar-refractivity contribution in [2.24, 2.45) is 5.92 Å². The van der Waals surface area contributed by atoms with Crippen LogP contribution in [0.25, 0.3) is 0 Å². The molecule has 5 nitrogen and oxygen atoms in total. The van der Waals surface area contributed by atoms with Crippen molar-refractivity contribution in [2.45, 2.75) is 33.7 Å². The Labute approximate surface area is 145 Å². The number of benzene rings is 1. The molecule has 132 valence electrons. The zero-order valence-electron chi connectivity index (χ0n) is 15.2. The number of Topliss-reactive ketones (excluding diaryl/α,β-unsaturated/α-hetero) is 1. The van der Waals surface area contributed by atoms with Crippen LogP contribution < -0.4 is 10.2 Å². The standard InChI is InChI=1S/C19H29N3O2/c1-14(2)15(3)20-19(24)13-21-9-11-22(12-10-21)18-7-5-17(6-8-18)16(4)23/h5-8,14-15H,9-13H2,1-4H3,(H,20,24)/t15-/m0/s1. The van der Waals surface area contributed by atoms with E-state index in [1.165, 1.54) is 0 Å². The Kier molecular flexibility index (Phi) is 6.37. The molecule has 0 aliphatic carbocycles. The fraction of sp³-hybridized carbons (Fsp3) is 0.579. The van der Waals surface area contributed by atoms with Gasteiger partial charge in [-0.25, -0.2) is 0 Å². The Balaban J connectivity index is 1.80. The summed E-state index contributed by atoms with van der Waals surface area (Å²) in [7, 11) is 0. The van der Waals surface area contributed by atoms with Crippen molar-refractivity contribution in [3.8, 4) is 0 Å². The van der Waals surface area contributed by atoms with Crippen molar-refractivity contribution in [2.75, 3.05) is 37.6 Å². The lowest BCUT2D eigenvalue weighted by Gasteiger charge is -2.36. The van der Waals surface area contributed by atoms with Crippen molar-refractivity contribution in [1.82, 2.24) is 10.2 Å². The summed E-state index contributed by atoms with van der Waals surface area (Å²) in [6.45, 7) is 11.9. The second-order valence-electron chi connectivity index (χ2n) is 6.97. The van der Waals surface area contributed by atoms with Gasteiger partial charge in [-0.2, -0.15) is 0 Å². The Hall–Kier alpha value is -1.88. The van der Waals surface area contributed by atoms with E-state index in [-0.39, 0.29) is 17.7 Å². The number of carbonyl (C=O) groups excluding carboxylic acids is 2. The fourth-order valence-corrected chi connectivity index (χ4v) is 2.74. The van der Waals surface area contributed by atoms with Crippen LogP contribution in [-0.2, 0) is 4.79 Å². The first-order chi connectivity index (χ1) is 11.4. The van der Waals surface area contributed by atoms with Gasteiger partial charge in [0, 0.05) is 43.5 Å². The molecule has 1 fully saturated rings. The number of carbonyl (C=O) groups is 2. The Morgan fingerprint density at radius 2 is 1.62 bits per heavy atom. The van der Waals surface area contributed by atoms with Crippen LogP contribution in [0, 0.1) is 5.92 Å². The summed E-state index contributed by atoms with van der Waals surface area (Å²) in [4.78, 5) is 27.9. The molecule has 1 aromatic rings. The topological polar surface area (TPSA) is 52.7 Å². The average Bonchev–Trinajstić information content (AvgIpc) is 2.55. The second-order valence-corrected chi connectivity index (χ2v) is 6.97. The van der Waals surface area contributed by atoms with Crippen molar-refractivity contribution < 1.29 is 9.59 Å². The molecule has 1 aliphatic rings. The summed E-state index contributed by atoms with van der Waals surface area (Å²) in [5.41, 5.74) is 1.88. The van der Waals surface area contributed by atoms with E-state index in [2.05, 4.69) is 29.0 Å². The van der Waals surface area contributed by atoms with Crippen LogP contribution in [0.4, 0.5) is 5.69 Å². The Bertz CT molecular complexity index is 560. The number of nitrogens with zero attached hydrogens (tertiary/aromatic N) is 2. The van der Waals surface area contributed by atoms with Gasteiger partial charge in [0.05, 0.1) is 6.54 Å². The van der Waals surface area contributed by atoms with Gasteiger partial charge in [0.2, 0.25) is 5.91 Å². The number of nitrogens with one attached hydrogen (secondary N) is 1. The molecule has 0 unspecified atom stereocenters. The van der Waals surface area contributed by atoms with Crippen LogP contribution in [0.1, 0.15) is 38.1 Å². The normalized spacial score (nSPS) is 17.0. The van der Waals surface area contributed by atoms with Crippen LogP contribution in [0.15, 0.2) is 24.3 Å². The molecule has 0 radical (unpaired) electrons. The van der Waals surface area contributed by atoms with E-state index in [1.807, 2.05) is 31.2 Å². The number of rotatable bonds is 6. The maximum atomic E-state index is 12.1. The van der Waals surface area contributed by atoms with Gasteiger partial charge >= 0.3 is 0 Å². The molecule has 0 bridgehead atoms. The zero-order valence-corrected chi connectivity index (χ0v) is 15.2. The predicted octanol–water partition coefficient (Wildman–Crippen LogP) is 2.17. The van der Waals surface area contributed by atoms with Crippen molar-refractivity contribution >= 4 is 17.4 Å². The minimum absolute atomic E-state index is 0.0907. The molecule has 5 heteroatoms. The van der Waals surface area contributed by atoms with Crippen LogP contribution in [0.3, 0.4) is 0 Å². The third-order valence-electron chi connectivity index (χ3n) is 4.77. The number of amides is 1. The molecule has 1 N–H and O–H groups in total. The maximum Gasteiger partial charge on any atom is 0.234 e. The predicted molar refractivity (Wildman–Crippen MR) is 97.5 cm³/mol. The van der Waals surface area contributed by atoms with Crippen LogP contribution in [0.5, 0.6) is 0 Å². The lowest BCUT2D eigenvalue weighted by molar-refractivity contribution is -0.123. The first-order valence-corrected chi connectivity index (χ1v) is 8.74. The highest BCUT2D eigenvalue weighted by Crippen LogP contribution is 2.17. The SMILES string of the molecule is CC(=O)c1ccc(N2CCN(CC(=O)N[C@@H](C)C(C)C)CC2)cc1. The van der Waals surface area contributed by atoms with E-state index in [4.69, 9.17) is 0 Å². The van der Waals surface area contributed by atoms with Gasteiger partial charge < -0.3 is 10.2 Å². The number of anilines is 1. The summed E-state index contributed by atoms with van der Waals surface area (Å²) in [6, 6.07) is 7.97. The molecule has 1 atom stereocenters. The first-order valence-electron chi connectivity index (χ1n) is 8.74. The summed E-state index contributed by atoms with van der Waals surface area (Å²) in [5.74, 6) is 0.646. The van der Waals surface area contributed by atoms with Crippen molar-refractivity contribution in [1.29, 1.82) is 0 Å². The van der Waals surface area contributed by atoms with Gasteiger partial charge in [-0.1, -0.05) is 13.8 Å². The molecule has 1 saturated heterocycles. The molecule has 0 aromatic heterocycles. The molecule has 1 aromatic carbocycles. The van der Waals surface area contributed by atoms with Gasteiger partial charge in [0.1, 0.15) is 0 Å². The number of piperazine rings is 1. The number of ketones is 1. The minimum atomic E-state index is 0.0907. The summed E-state index contributed by atoms with van der Waals surface area (Å²) in [6.07, 6.45) is 0. The summed E-state index contributed by atoms with van der Waals surface area (Å²) < 4.78 is 0. The maximum absolute atomic E-state index is 12.1. The van der Waals surface area contributed by atoms with Gasteiger partial charge in [0.15, 0.2) is 5.78 Å². The molecule has 2 rings (SSSR count). The number of hydrogen-bond acceptors (Lipinski definition) is 4. The summed E-state index contributed by atoms with van der Waals surface area (Å²) >= 11 is 0. The van der Waals surface area contributed by atoms with Crippen LogP contribution >= 0.6 is 0 Å². The largest absolute Gasteiger partial charge is 0.369 e. The van der Waals surface area contributed by atoms with Gasteiger partial charge in [-0.3, -0.25) is 14.5 Å². The highest BCUT2D eigenvalue weighted by atomic mass is 16.2. The molecule has 1 amide bonds. The van der Waals surface area contributed by atoms with Crippen LogP contribution in [0.2, 0.25) is 0 Å². The molecular formula is C19H29N3O2. The molecule has 0 saturated carbocycles. The minimum Gasteiger partial charge on any atom is -0.369 e. The first kappa shape index (κ1) is 18.5. The van der Waals surface area contributed by atoms with Gasteiger partial charge in [-0.05, 0) is 44.0 Å². The lowest BCUT2D eigenvalue weighted by Crippen LogP contribution is -2.50. The smallest absolute Gasteiger partial charge is 0.234 e. The molecule has 24 heavy (non-hydrogen) atoms. The van der Waals surface area contributed by atoms with E-state index < -0.39 is 0 Å². The lowest BCUT2D eigenvalue weighted by atomic mass is 10.1. The van der Waals surface area contributed by atoms with E-state index in [0.717, 1.165) is 37.4 Å². The monoisotopic (exact) mass is 331 g/mol. The molecular weight excluding hydrogens is 302 g/mol. The van der Waals surface area contributed by atoms with Crippen molar-refractivity contribution in [3.63, 3.8) is 0 Å². The Morgan fingerprint density at radius 3 is 2.12 bits per heavy atom. The van der Waals surface area contributed by atoms with E-state index >= 15 is 0 Å². The molecule has 0 spiro atoms. The third kappa shape index (κ3) is 5.06. The van der Waals surface area contributed by atoms with Crippen molar-refractivity contribution in [3.05, 3.63) is 29.8 Å². The summed E-state index contributed by atoms with van der Waals surface area (Å²) in [5, 5.41) is 3.06. The molecule has 1 aliphatic heterocycles. The van der Waals surface area contributed by atoms with E-state index in [9.17, 15) is 9.59 Å². The van der Waals surface area contributed by atoms with Gasteiger partial charge in [0.25, 0.3) is 0 Å². The molecule has 1 heterocycles. The fourth-order valence-electron chi connectivity index (χ4n) is 2.74.